The highest BCUT2D eigenvalue weighted by atomic mass is 16.5. The maximum atomic E-state index is 7.00. The van der Waals surface area contributed by atoms with Crippen molar-refractivity contribution in [1.82, 2.24) is 0 Å². The first-order valence-corrected chi connectivity index (χ1v) is 5.54. The summed E-state index contributed by atoms with van der Waals surface area (Å²) in [6.45, 7) is 6.99. The number of fused-ring (bicyclic) bond motifs is 1. The quantitative estimate of drug-likeness (QED) is 0.713. The van der Waals surface area contributed by atoms with Crippen LogP contribution in [-0.2, 0) is 6.42 Å². The first kappa shape index (κ1) is 14.0. The van der Waals surface area contributed by atoms with Gasteiger partial charge in [0.15, 0.2) is 0 Å². The van der Waals surface area contributed by atoms with E-state index < -0.39 is 0 Å². The molecule has 1 aliphatic heterocycles. The topological polar surface area (TPSA) is 29.5 Å². The number of para-hydroxylation sites is 1. The van der Waals surface area contributed by atoms with Gasteiger partial charge in [0, 0.05) is 7.11 Å². The summed E-state index contributed by atoms with van der Waals surface area (Å²) in [6, 6.07) is 6.36. The van der Waals surface area contributed by atoms with Gasteiger partial charge >= 0.3 is 0 Å². The molecule has 2 heteroatoms. The minimum atomic E-state index is 0.887. The summed E-state index contributed by atoms with van der Waals surface area (Å²) in [5.41, 5.74) is 2.64. The third-order valence-electron chi connectivity index (χ3n) is 2.13. The van der Waals surface area contributed by atoms with E-state index in [-0.39, 0.29) is 0 Å². The molecule has 0 atom stereocenters. The Morgan fingerprint density at radius 2 is 1.87 bits per heavy atom. The highest BCUT2D eigenvalue weighted by Crippen LogP contribution is 2.27. The summed E-state index contributed by atoms with van der Waals surface area (Å²) in [6.07, 6.45) is 2.34. The Labute approximate surface area is 92.9 Å². The smallest absolute Gasteiger partial charge is 0.125 e. The van der Waals surface area contributed by atoms with Gasteiger partial charge in [0.25, 0.3) is 0 Å². The van der Waals surface area contributed by atoms with Crippen molar-refractivity contribution in [3.63, 3.8) is 0 Å². The number of benzene rings is 1. The molecule has 15 heavy (non-hydrogen) atoms. The van der Waals surface area contributed by atoms with E-state index in [0.29, 0.717) is 0 Å². The van der Waals surface area contributed by atoms with E-state index in [1.165, 1.54) is 17.5 Å². The second-order valence-corrected chi connectivity index (χ2v) is 3.02. The largest absolute Gasteiger partial charge is 0.493 e. The van der Waals surface area contributed by atoms with Crippen molar-refractivity contribution in [3.8, 4) is 5.75 Å². The van der Waals surface area contributed by atoms with Crippen LogP contribution in [-0.4, -0.2) is 18.8 Å². The Morgan fingerprint density at radius 3 is 2.47 bits per heavy atom. The lowest BCUT2D eigenvalue weighted by molar-refractivity contribution is 0.286. The van der Waals surface area contributed by atoms with Crippen molar-refractivity contribution in [1.29, 1.82) is 0 Å². The van der Waals surface area contributed by atoms with Crippen LogP contribution in [0.2, 0.25) is 0 Å². The van der Waals surface area contributed by atoms with Crippen molar-refractivity contribution < 1.29 is 9.84 Å². The molecule has 1 aromatic rings. The number of aliphatic hydroxyl groups is 1. The van der Waals surface area contributed by atoms with E-state index in [4.69, 9.17) is 9.84 Å². The van der Waals surface area contributed by atoms with Crippen LogP contribution in [0.4, 0.5) is 0 Å². The third kappa shape index (κ3) is 3.92. The van der Waals surface area contributed by atoms with Gasteiger partial charge in [-0.15, -0.1) is 0 Å². The zero-order valence-electron chi connectivity index (χ0n) is 10.2. The summed E-state index contributed by atoms with van der Waals surface area (Å²) in [7, 11) is 1.00. The predicted molar refractivity (Wildman–Crippen MR) is 64.5 cm³/mol. The predicted octanol–water partition coefficient (Wildman–Crippen LogP) is 2.95. The molecule has 0 aromatic heterocycles. The standard InChI is InChI=1S/C10H12O.C2H6.CH4O/c1-8-4-2-5-9-6-3-7-11-10(8)9;2*1-2/h2,4-5H,3,6-7H2,1H3;1-2H3;2H,1H3. The van der Waals surface area contributed by atoms with E-state index in [1.54, 1.807) is 0 Å². The maximum Gasteiger partial charge on any atom is 0.125 e. The first-order chi connectivity index (χ1) is 7.38. The van der Waals surface area contributed by atoms with Crippen molar-refractivity contribution in [3.05, 3.63) is 29.3 Å². The summed E-state index contributed by atoms with van der Waals surface area (Å²) >= 11 is 0. The molecular formula is C13H22O2. The van der Waals surface area contributed by atoms with Gasteiger partial charge in [0.05, 0.1) is 6.61 Å². The Hall–Kier alpha value is -1.02. The van der Waals surface area contributed by atoms with Crippen LogP contribution in [0.1, 0.15) is 31.4 Å². The maximum absolute atomic E-state index is 7.00. The molecule has 1 heterocycles. The Balaban J connectivity index is 0.000000442. The molecule has 1 aliphatic rings. The molecule has 0 bridgehead atoms. The number of aryl methyl sites for hydroxylation is 2. The zero-order valence-corrected chi connectivity index (χ0v) is 10.2. The number of aliphatic hydroxyl groups excluding tert-OH is 1. The van der Waals surface area contributed by atoms with Crippen molar-refractivity contribution in [2.45, 2.75) is 33.6 Å². The van der Waals surface area contributed by atoms with Crippen LogP contribution < -0.4 is 4.74 Å². The van der Waals surface area contributed by atoms with Crippen LogP contribution in [0.3, 0.4) is 0 Å². The second-order valence-electron chi connectivity index (χ2n) is 3.02. The number of hydrogen-bond acceptors (Lipinski definition) is 2. The number of hydrogen-bond donors (Lipinski definition) is 1. The van der Waals surface area contributed by atoms with Crippen molar-refractivity contribution >= 4 is 0 Å². The molecule has 1 N–H and O–H groups in total. The Kier molecular flexibility index (Phi) is 7.74. The van der Waals surface area contributed by atoms with Crippen molar-refractivity contribution in [2.75, 3.05) is 13.7 Å². The highest BCUT2D eigenvalue weighted by Gasteiger charge is 2.10. The molecule has 0 saturated carbocycles. The van der Waals surface area contributed by atoms with Gasteiger partial charge in [-0.3, -0.25) is 0 Å². The molecule has 2 nitrogen and oxygen atoms in total. The molecule has 0 unspecified atom stereocenters. The number of rotatable bonds is 0. The fraction of sp³-hybridized carbons (Fsp3) is 0.538. The van der Waals surface area contributed by atoms with Crippen LogP contribution in [0.25, 0.3) is 0 Å². The first-order valence-electron chi connectivity index (χ1n) is 5.54. The average Bonchev–Trinajstić information content (AvgIpc) is 2.35. The van der Waals surface area contributed by atoms with Gasteiger partial charge in [-0.05, 0) is 30.9 Å². The summed E-state index contributed by atoms with van der Waals surface area (Å²) < 4.78 is 5.55. The second kappa shape index (κ2) is 8.30. The monoisotopic (exact) mass is 210 g/mol. The van der Waals surface area contributed by atoms with Gasteiger partial charge in [-0.1, -0.05) is 32.0 Å². The molecule has 1 aromatic carbocycles. The lowest BCUT2D eigenvalue weighted by atomic mass is 10.0. The van der Waals surface area contributed by atoms with E-state index in [1.807, 2.05) is 13.8 Å². The van der Waals surface area contributed by atoms with Gasteiger partial charge in [-0.2, -0.15) is 0 Å². The summed E-state index contributed by atoms with van der Waals surface area (Å²) in [4.78, 5) is 0. The van der Waals surface area contributed by atoms with Crippen LogP contribution in [0.15, 0.2) is 18.2 Å². The third-order valence-corrected chi connectivity index (χ3v) is 2.13. The van der Waals surface area contributed by atoms with Crippen molar-refractivity contribution in [2.24, 2.45) is 0 Å². The molecule has 0 fully saturated rings. The van der Waals surface area contributed by atoms with Gasteiger partial charge in [0.1, 0.15) is 5.75 Å². The van der Waals surface area contributed by atoms with E-state index in [9.17, 15) is 0 Å². The Bertz CT molecular complexity index is 269. The molecule has 0 spiro atoms. The molecular weight excluding hydrogens is 188 g/mol. The van der Waals surface area contributed by atoms with Gasteiger partial charge < -0.3 is 9.84 Å². The molecule has 0 amide bonds. The van der Waals surface area contributed by atoms with E-state index >= 15 is 0 Å². The molecule has 0 radical (unpaired) electrons. The zero-order chi connectivity index (χ0) is 11.7. The van der Waals surface area contributed by atoms with Crippen LogP contribution >= 0.6 is 0 Å². The minimum Gasteiger partial charge on any atom is -0.493 e. The lowest BCUT2D eigenvalue weighted by Gasteiger charge is -2.18. The normalized spacial score (nSPS) is 12.1. The SMILES string of the molecule is CC.CO.Cc1cccc2c1OCCC2. The summed E-state index contributed by atoms with van der Waals surface area (Å²) in [5.74, 6) is 1.12. The molecule has 0 aliphatic carbocycles. The fourth-order valence-corrected chi connectivity index (χ4v) is 1.55. The number of ether oxygens (including phenoxy) is 1. The average molecular weight is 210 g/mol. The summed E-state index contributed by atoms with van der Waals surface area (Å²) in [5, 5.41) is 7.00. The van der Waals surface area contributed by atoms with Crippen LogP contribution in [0, 0.1) is 6.92 Å². The molecule has 2 rings (SSSR count). The Morgan fingerprint density at radius 1 is 1.20 bits per heavy atom. The van der Waals surface area contributed by atoms with E-state index in [2.05, 4.69) is 25.1 Å². The minimum absolute atomic E-state index is 0.887. The lowest BCUT2D eigenvalue weighted by Crippen LogP contribution is -2.09. The van der Waals surface area contributed by atoms with Crippen LogP contribution in [0.5, 0.6) is 5.75 Å². The van der Waals surface area contributed by atoms with E-state index in [0.717, 1.165) is 25.9 Å². The molecule has 0 saturated heterocycles. The highest BCUT2D eigenvalue weighted by molar-refractivity contribution is 5.41. The van der Waals surface area contributed by atoms with Gasteiger partial charge in [-0.25, -0.2) is 0 Å². The van der Waals surface area contributed by atoms with Gasteiger partial charge in [0.2, 0.25) is 0 Å². The fourth-order valence-electron chi connectivity index (χ4n) is 1.55. The molecule has 86 valence electrons.